The Morgan fingerprint density at radius 2 is 2.39 bits per heavy atom. The Kier molecular flexibility index (Phi) is 4.40. The zero-order valence-corrected chi connectivity index (χ0v) is 11.8. The molecule has 1 heterocycles. The molecule has 1 saturated carbocycles. The van der Waals surface area contributed by atoms with Gasteiger partial charge in [0.25, 0.3) is 0 Å². The summed E-state index contributed by atoms with van der Waals surface area (Å²) in [4.78, 5) is 4.31. The quantitative estimate of drug-likeness (QED) is 0.789. The molecule has 1 aliphatic carbocycles. The summed E-state index contributed by atoms with van der Waals surface area (Å²) in [6.07, 6.45) is 7.81. The minimum atomic E-state index is 0.482. The van der Waals surface area contributed by atoms with Crippen LogP contribution in [0.15, 0.2) is 12.5 Å². The Labute approximate surface area is 110 Å². The Morgan fingerprint density at radius 1 is 1.56 bits per heavy atom. The van der Waals surface area contributed by atoms with E-state index in [1.54, 1.807) is 7.11 Å². The van der Waals surface area contributed by atoms with Gasteiger partial charge in [0.05, 0.1) is 18.6 Å². The maximum Gasteiger partial charge on any atom is 0.0951 e. The number of methoxy groups -OCH3 is 1. The van der Waals surface area contributed by atoms with E-state index in [2.05, 4.69) is 28.7 Å². The smallest absolute Gasteiger partial charge is 0.0951 e. The zero-order valence-electron chi connectivity index (χ0n) is 11.8. The molecular weight excluding hydrogens is 226 g/mol. The maximum atomic E-state index is 5.03. The van der Waals surface area contributed by atoms with Gasteiger partial charge in [-0.1, -0.05) is 13.8 Å². The summed E-state index contributed by atoms with van der Waals surface area (Å²) in [6, 6.07) is 0.627. The first-order valence-corrected chi connectivity index (χ1v) is 6.83. The van der Waals surface area contributed by atoms with Gasteiger partial charge in [0, 0.05) is 32.4 Å². The number of nitrogens with one attached hydrogen (secondary N) is 1. The van der Waals surface area contributed by atoms with Crippen LogP contribution in [0.5, 0.6) is 0 Å². The lowest BCUT2D eigenvalue weighted by atomic mass is 9.92. The molecule has 0 radical (unpaired) electrons. The average Bonchev–Trinajstić information content (AvgIpc) is 2.90. The highest BCUT2D eigenvalue weighted by molar-refractivity contribution is 5.02. The lowest BCUT2D eigenvalue weighted by molar-refractivity contribution is 0.199. The van der Waals surface area contributed by atoms with Gasteiger partial charge in [-0.3, -0.25) is 0 Å². The molecule has 102 valence electrons. The van der Waals surface area contributed by atoms with E-state index in [0.717, 1.165) is 19.7 Å². The van der Waals surface area contributed by atoms with E-state index < -0.39 is 0 Å². The Hall–Kier alpha value is -0.870. The second kappa shape index (κ2) is 5.85. The van der Waals surface area contributed by atoms with Gasteiger partial charge in [0.15, 0.2) is 0 Å². The summed E-state index contributed by atoms with van der Waals surface area (Å²) in [6.45, 7) is 7.24. The van der Waals surface area contributed by atoms with Crippen LogP contribution in [-0.2, 0) is 11.3 Å². The van der Waals surface area contributed by atoms with E-state index in [-0.39, 0.29) is 0 Å². The van der Waals surface area contributed by atoms with E-state index in [9.17, 15) is 0 Å². The summed E-state index contributed by atoms with van der Waals surface area (Å²) in [5.74, 6) is 0. The first-order chi connectivity index (χ1) is 8.62. The fourth-order valence-electron chi connectivity index (χ4n) is 2.83. The van der Waals surface area contributed by atoms with E-state index in [0.29, 0.717) is 11.5 Å². The molecule has 0 amide bonds. The van der Waals surface area contributed by atoms with Crippen molar-refractivity contribution in [1.82, 2.24) is 14.9 Å². The molecule has 1 aromatic rings. The van der Waals surface area contributed by atoms with Crippen molar-refractivity contribution in [3.63, 3.8) is 0 Å². The predicted molar refractivity (Wildman–Crippen MR) is 72.5 cm³/mol. The van der Waals surface area contributed by atoms with Crippen molar-refractivity contribution >= 4 is 0 Å². The summed E-state index contributed by atoms with van der Waals surface area (Å²) in [5, 5.41) is 3.39. The monoisotopic (exact) mass is 251 g/mol. The van der Waals surface area contributed by atoms with Gasteiger partial charge in [0.1, 0.15) is 0 Å². The van der Waals surface area contributed by atoms with Crippen molar-refractivity contribution in [2.75, 3.05) is 20.3 Å². The van der Waals surface area contributed by atoms with Crippen LogP contribution < -0.4 is 5.32 Å². The van der Waals surface area contributed by atoms with Crippen molar-refractivity contribution in [3.8, 4) is 0 Å². The predicted octanol–water partition coefficient (Wildman–Crippen LogP) is 2.37. The molecule has 0 aromatic carbocycles. The van der Waals surface area contributed by atoms with Crippen LogP contribution >= 0.6 is 0 Å². The third kappa shape index (κ3) is 3.33. The molecule has 0 bridgehead atoms. The van der Waals surface area contributed by atoms with E-state index in [1.807, 2.05) is 12.5 Å². The lowest BCUT2D eigenvalue weighted by Gasteiger charge is -2.19. The Morgan fingerprint density at radius 3 is 3.06 bits per heavy atom. The standard InChI is InChI=1S/C14H25N3O/c1-14(2)5-4-12(8-14)17-11-16-10-13(17)9-15-6-7-18-3/h10-12,15H,4-9H2,1-3H3. The van der Waals surface area contributed by atoms with Gasteiger partial charge in [-0.2, -0.15) is 0 Å². The molecule has 0 saturated heterocycles. The van der Waals surface area contributed by atoms with Gasteiger partial charge in [0.2, 0.25) is 0 Å². The number of aromatic nitrogens is 2. The SMILES string of the molecule is COCCNCc1cncn1C1CCC(C)(C)C1. The number of ether oxygens (including phenoxy) is 1. The van der Waals surface area contributed by atoms with E-state index >= 15 is 0 Å². The molecule has 1 aromatic heterocycles. The Bertz CT molecular complexity index is 373. The molecule has 0 spiro atoms. The van der Waals surface area contributed by atoms with Gasteiger partial charge in [-0.25, -0.2) is 4.98 Å². The second-order valence-corrected chi connectivity index (χ2v) is 6.02. The van der Waals surface area contributed by atoms with Crippen molar-refractivity contribution in [2.24, 2.45) is 5.41 Å². The highest BCUT2D eigenvalue weighted by Crippen LogP contribution is 2.43. The highest BCUT2D eigenvalue weighted by atomic mass is 16.5. The third-order valence-corrected chi connectivity index (χ3v) is 3.87. The summed E-state index contributed by atoms with van der Waals surface area (Å²) in [5.41, 5.74) is 1.77. The number of nitrogens with zero attached hydrogens (tertiary/aromatic N) is 2. The normalized spacial score (nSPS) is 22.5. The fourth-order valence-corrected chi connectivity index (χ4v) is 2.83. The van der Waals surface area contributed by atoms with Crippen LogP contribution in [0.4, 0.5) is 0 Å². The van der Waals surface area contributed by atoms with Crippen molar-refractivity contribution in [1.29, 1.82) is 0 Å². The number of imidazole rings is 1. The van der Waals surface area contributed by atoms with E-state index in [1.165, 1.54) is 25.0 Å². The molecule has 4 heteroatoms. The molecule has 1 unspecified atom stereocenters. The highest BCUT2D eigenvalue weighted by Gasteiger charge is 2.32. The Balaban J connectivity index is 1.91. The van der Waals surface area contributed by atoms with Crippen molar-refractivity contribution < 1.29 is 4.74 Å². The van der Waals surface area contributed by atoms with Crippen molar-refractivity contribution in [3.05, 3.63) is 18.2 Å². The lowest BCUT2D eigenvalue weighted by Crippen LogP contribution is -2.21. The number of hydrogen-bond acceptors (Lipinski definition) is 3. The average molecular weight is 251 g/mol. The largest absolute Gasteiger partial charge is 0.383 e. The van der Waals surface area contributed by atoms with Crippen LogP contribution in [0.25, 0.3) is 0 Å². The van der Waals surface area contributed by atoms with Gasteiger partial charge >= 0.3 is 0 Å². The van der Waals surface area contributed by atoms with Crippen LogP contribution in [0.3, 0.4) is 0 Å². The molecule has 1 fully saturated rings. The molecule has 0 aliphatic heterocycles. The first-order valence-electron chi connectivity index (χ1n) is 6.83. The molecule has 2 rings (SSSR count). The molecular formula is C14H25N3O. The van der Waals surface area contributed by atoms with Gasteiger partial charge in [-0.15, -0.1) is 0 Å². The summed E-state index contributed by atoms with van der Waals surface area (Å²) >= 11 is 0. The minimum Gasteiger partial charge on any atom is -0.383 e. The topological polar surface area (TPSA) is 39.1 Å². The molecule has 1 N–H and O–H groups in total. The maximum absolute atomic E-state index is 5.03. The van der Waals surface area contributed by atoms with Crippen molar-refractivity contribution in [2.45, 2.75) is 45.7 Å². The van der Waals surface area contributed by atoms with Crippen LogP contribution in [0, 0.1) is 5.41 Å². The number of rotatable bonds is 6. The number of hydrogen-bond donors (Lipinski definition) is 1. The molecule has 1 atom stereocenters. The van der Waals surface area contributed by atoms with Gasteiger partial charge in [-0.05, 0) is 24.7 Å². The first kappa shape index (κ1) is 13.6. The zero-order chi connectivity index (χ0) is 13.0. The molecule has 18 heavy (non-hydrogen) atoms. The van der Waals surface area contributed by atoms with Crippen LogP contribution in [0.2, 0.25) is 0 Å². The summed E-state index contributed by atoms with van der Waals surface area (Å²) < 4.78 is 7.39. The third-order valence-electron chi connectivity index (χ3n) is 3.87. The van der Waals surface area contributed by atoms with E-state index in [4.69, 9.17) is 4.74 Å². The van der Waals surface area contributed by atoms with Crippen LogP contribution in [-0.4, -0.2) is 29.8 Å². The molecule has 4 nitrogen and oxygen atoms in total. The summed E-state index contributed by atoms with van der Waals surface area (Å²) in [7, 11) is 1.73. The van der Waals surface area contributed by atoms with Crippen LogP contribution in [0.1, 0.15) is 44.8 Å². The minimum absolute atomic E-state index is 0.482. The fraction of sp³-hybridized carbons (Fsp3) is 0.786. The molecule has 1 aliphatic rings. The second-order valence-electron chi connectivity index (χ2n) is 6.02. The van der Waals surface area contributed by atoms with Gasteiger partial charge < -0.3 is 14.6 Å².